The summed E-state index contributed by atoms with van der Waals surface area (Å²) in [5.74, 6) is -1.63. The summed E-state index contributed by atoms with van der Waals surface area (Å²) in [5.41, 5.74) is -0.202. The zero-order chi connectivity index (χ0) is 28.1. The summed E-state index contributed by atoms with van der Waals surface area (Å²) in [5, 5.41) is 8.96. The van der Waals surface area contributed by atoms with E-state index in [1.165, 1.54) is 36.5 Å². The minimum atomic E-state index is -4.70. The molecule has 0 atom stereocenters. The number of aromatic nitrogens is 1. The third-order valence-electron chi connectivity index (χ3n) is 5.19. The van der Waals surface area contributed by atoms with Crippen molar-refractivity contribution in [3.63, 3.8) is 0 Å². The van der Waals surface area contributed by atoms with Crippen molar-refractivity contribution in [1.29, 1.82) is 0 Å². The lowest BCUT2D eigenvalue weighted by Crippen LogP contribution is -2.34. The van der Waals surface area contributed by atoms with Crippen molar-refractivity contribution in [3.8, 4) is 5.75 Å². The van der Waals surface area contributed by atoms with E-state index >= 15 is 0 Å². The minimum Gasteiger partial charge on any atom is -0.487 e. The molecular weight excluding hydrogens is 545 g/mol. The number of rotatable bonds is 10. The van der Waals surface area contributed by atoms with Crippen LogP contribution in [-0.2, 0) is 27.6 Å². The van der Waals surface area contributed by atoms with Crippen LogP contribution in [0.1, 0.15) is 30.5 Å². The largest absolute Gasteiger partial charge is 0.487 e. The van der Waals surface area contributed by atoms with E-state index in [2.05, 4.69) is 4.98 Å². The Bertz CT molecular complexity index is 1430. The van der Waals surface area contributed by atoms with E-state index in [1.54, 1.807) is 19.9 Å². The molecule has 3 rings (SSSR count). The van der Waals surface area contributed by atoms with Gasteiger partial charge in [0.25, 0.3) is 10.0 Å². The first kappa shape index (κ1) is 29.0. The van der Waals surface area contributed by atoms with E-state index in [0.29, 0.717) is 11.1 Å². The molecule has 0 saturated heterocycles. The molecule has 2 aromatic carbocycles. The van der Waals surface area contributed by atoms with Crippen LogP contribution in [-0.4, -0.2) is 31.0 Å². The molecular formula is C26H24ClF3N2O5S. The lowest BCUT2D eigenvalue weighted by molar-refractivity contribution is -0.137. The molecule has 0 fully saturated rings. The first-order valence-electron chi connectivity index (χ1n) is 11.2. The minimum absolute atomic E-state index is 0.0374. The van der Waals surface area contributed by atoms with Crippen molar-refractivity contribution in [1.82, 2.24) is 4.98 Å². The molecule has 0 amide bonds. The molecule has 0 aliphatic heterocycles. The molecule has 0 unspecified atom stereocenters. The maximum absolute atomic E-state index is 13.5. The highest BCUT2D eigenvalue weighted by Crippen LogP contribution is 2.39. The second-order valence-electron chi connectivity index (χ2n) is 8.61. The number of alkyl halides is 3. The first-order valence-corrected chi connectivity index (χ1v) is 13.1. The van der Waals surface area contributed by atoms with Crippen molar-refractivity contribution < 1.29 is 36.2 Å². The van der Waals surface area contributed by atoms with Gasteiger partial charge in [0.2, 0.25) is 0 Å². The average Bonchev–Trinajstić information content (AvgIpc) is 2.85. The van der Waals surface area contributed by atoms with Gasteiger partial charge in [-0.25, -0.2) is 13.2 Å². The second kappa shape index (κ2) is 11.9. The molecule has 38 heavy (non-hydrogen) atoms. The van der Waals surface area contributed by atoms with Crippen LogP contribution in [0.25, 0.3) is 6.08 Å². The van der Waals surface area contributed by atoms with Crippen LogP contribution in [0.2, 0.25) is 5.02 Å². The Morgan fingerprint density at radius 2 is 1.92 bits per heavy atom. The summed E-state index contributed by atoms with van der Waals surface area (Å²) < 4.78 is 74.4. The number of pyridine rings is 1. The number of aliphatic carboxylic acids is 1. The number of ether oxygens (including phenoxy) is 1. The van der Waals surface area contributed by atoms with Gasteiger partial charge in [-0.05, 0) is 54.0 Å². The number of sulfonamides is 1. The Morgan fingerprint density at radius 3 is 2.50 bits per heavy atom. The molecule has 0 aliphatic rings. The average molecular weight is 569 g/mol. The van der Waals surface area contributed by atoms with Crippen molar-refractivity contribution in [2.24, 2.45) is 5.92 Å². The Hall–Kier alpha value is -3.57. The van der Waals surface area contributed by atoms with Gasteiger partial charge in [0.15, 0.2) is 0 Å². The fourth-order valence-electron chi connectivity index (χ4n) is 3.40. The number of nitrogens with zero attached hydrogens (tertiary/aromatic N) is 2. The highest BCUT2D eigenvalue weighted by Gasteiger charge is 2.34. The highest BCUT2D eigenvalue weighted by atomic mass is 35.5. The van der Waals surface area contributed by atoms with Crippen molar-refractivity contribution in [2.45, 2.75) is 31.5 Å². The van der Waals surface area contributed by atoms with Gasteiger partial charge in [-0.1, -0.05) is 37.6 Å². The van der Waals surface area contributed by atoms with E-state index in [-0.39, 0.29) is 40.4 Å². The fraction of sp³-hybridized carbons (Fsp3) is 0.231. The Kier molecular flexibility index (Phi) is 9.05. The third-order valence-corrected chi connectivity index (χ3v) is 7.30. The number of benzene rings is 2. The lowest BCUT2D eigenvalue weighted by Gasteiger charge is -2.28. The number of carboxylic acid groups (broad SMARTS) is 1. The lowest BCUT2D eigenvalue weighted by atomic mass is 10.1. The monoisotopic (exact) mass is 568 g/mol. The molecule has 12 heteroatoms. The predicted octanol–water partition coefficient (Wildman–Crippen LogP) is 6.28. The number of carboxylic acids is 1. The highest BCUT2D eigenvalue weighted by molar-refractivity contribution is 7.92. The zero-order valence-electron chi connectivity index (χ0n) is 20.3. The van der Waals surface area contributed by atoms with Crippen LogP contribution in [0.15, 0.2) is 71.9 Å². The van der Waals surface area contributed by atoms with Crippen LogP contribution in [0.3, 0.4) is 0 Å². The summed E-state index contributed by atoms with van der Waals surface area (Å²) in [6.45, 7) is 3.23. The molecule has 0 aliphatic carbocycles. The molecule has 1 N–H and O–H groups in total. The summed E-state index contributed by atoms with van der Waals surface area (Å²) in [6.07, 6.45) is 0.134. The van der Waals surface area contributed by atoms with Gasteiger partial charge in [-0.3, -0.25) is 9.29 Å². The predicted molar refractivity (Wildman–Crippen MR) is 138 cm³/mol. The fourth-order valence-corrected chi connectivity index (χ4v) is 5.25. The molecule has 0 saturated carbocycles. The topological polar surface area (TPSA) is 96.8 Å². The van der Waals surface area contributed by atoms with E-state index in [9.17, 15) is 26.4 Å². The van der Waals surface area contributed by atoms with Gasteiger partial charge in [0, 0.05) is 35.6 Å². The molecule has 3 aromatic rings. The van der Waals surface area contributed by atoms with Crippen LogP contribution in [0.4, 0.5) is 18.9 Å². The second-order valence-corrected chi connectivity index (χ2v) is 10.9. The molecule has 1 heterocycles. The maximum atomic E-state index is 13.5. The van der Waals surface area contributed by atoms with Gasteiger partial charge >= 0.3 is 12.1 Å². The van der Waals surface area contributed by atoms with Gasteiger partial charge in [0.05, 0.1) is 11.3 Å². The molecule has 202 valence electrons. The van der Waals surface area contributed by atoms with E-state index in [1.807, 2.05) is 0 Å². The number of hydrogen-bond donors (Lipinski definition) is 1. The molecule has 7 nitrogen and oxygen atoms in total. The van der Waals surface area contributed by atoms with E-state index in [4.69, 9.17) is 21.4 Å². The quantitative estimate of drug-likeness (QED) is 0.289. The summed E-state index contributed by atoms with van der Waals surface area (Å²) in [6, 6.07) is 9.98. The number of anilines is 1. The summed E-state index contributed by atoms with van der Waals surface area (Å²) in [7, 11) is -4.20. The van der Waals surface area contributed by atoms with Crippen LogP contribution in [0, 0.1) is 5.92 Å². The SMILES string of the molecule is CC(C)CN(c1ccc(C(F)(F)F)cc1OCc1ccc(C=CC(=O)O)cc1Cl)S(=O)(=O)c1cccnc1. The Labute approximate surface area is 223 Å². The normalized spacial score (nSPS) is 12.2. The zero-order valence-corrected chi connectivity index (χ0v) is 21.9. The molecule has 0 radical (unpaired) electrons. The molecule has 0 spiro atoms. The van der Waals surface area contributed by atoms with Crippen LogP contribution >= 0.6 is 11.6 Å². The third kappa shape index (κ3) is 7.26. The Morgan fingerprint density at radius 1 is 1.18 bits per heavy atom. The number of halogens is 4. The van der Waals surface area contributed by atoms with Gasteiger partial charge in [-0.15, -0.1) is 0 Å². The van der Waals surface area contributed by atoms with Gasteiger partial charge in [0.1, 0.15) is 17.3 Å². The Balaban J connectivity index is 2.05. The van der Waals surface area contributed by atoms with Crippen molar-refractivity contribution >= 4 is 39.4 Å². The summed E-state index contributed by atoms with van der Waals surface area (Å²) in [4.78, 5) is 14.5. The molecule has 1 aromatic heterocycles. The van der Waals surface area contributed by atoms with E-state index < -0.39 is 27.7 Å². The van der Waals surface area contributed by atoms with Crippen LogP contribution in [0.5, 0.6) is 5.75 Å². The van der Waals surface area contributed by atoms with Crippen molar-refractivity contribution in [3.05, 3.63) is 88.7 Å². The van der Waals surface area contributed by atoms with Crippen molar-refractivity contribution in [2.75, 3.05) is 10.8 Å². The molecule has 0 bridgehead atoms. The first-order chi connectivity index (χ1) is 17.8. The van der Waals surface area contributed by atoms with E-state index in [0.717, 1.165) is 34.8 Å². The number of hydrogen-bond acceptors (Lipinski definition) is 5. The van der Waals surface area contributed by atoms with Gasteiger partial charge in [-0.2, -0.15) is 13.2 Å². The van der Waals surface area contributed by atoms with Crippen LogP contribution < -0.4 is 9.04 Å². The summed E-state index contributed by atoms with van der Waals surface area (Å²) >= 11 is 6.28. The maximum Gasteiger partial charge on any atom is 0.416 e. The standard InChI is InChI=1S/C26H24ClF3N2O5S/c1-17(2)15-32(38(35,36)21-4-3-11-31-14-21)23-9-8-20(26(28,29)30)13-24(23)37-16-19-7-5-18(12-22(19)27)6-10-25(33)34/h3-14,17H,15-16H2,1-2H3,(H,33,34). The smallest absolute Gasteiger partial charge is 0.416 e. The number of carbonyl (C=O) groups is 1. The van der Waals surface area contributed by atoms with Gasteiger partial charge < -0.3 is 9.84 Å².